The third kappa shape index (κ3) is 6.50. The number of quaternary nitrogens is 1. The summed E-state index contributed by atoms with van der Waals surface area (Å²) in [6.07, 6.45) is 4.41. The van der Waals surface area contributed by atoms with Crippen molar-refractivity contribution >= 4 is 29.1 Å². The highest BCUT2D eigenvalue weighted by atomic mass is 35.5. The number of nitrogens with one attached hydrogen (secondary N) is 3. The van der Waals surface area contributed by atoms with Crippen LogP contribution in [0.5, 0.6) is 5.75 Å². The third-order valence-corrected chi connectivity index (χ3v) is 4.98. The molecule has 2 rings (SSSR count). The Balaban J connectivity index is 1.78. The highest BCUT2D eigenvalue weighted by Crippen LogP contribution is 2.27. The fourth-order valence-electron chi connectivity index (χ4n) is 3.27. The lowest BCUT2D eigenvalue weighted by Crippen LogP contribution is -3.11. The molecule has 7 heteroatoms. The van der Waals surface area contributed by atoms with Crippen molar-refractivity contribution in [3.05, 3.63) is 23.2 Å². The molecular weight excluding hydrogens is 354 g/mol. The van der Waals surface area contributed by atoms with Gasteiger partial charge in [-0.05, 0) is 49.8 Å². The molecule has 1 aromatic rings. The molecule has 0 bridgehead atoms. The van der Waals surface area contributed by atoms with E-state index in [-0.39, 0.29) is 30.9 Å². The van der Waals surface area contributed by atoms with Gasteiger partial charge in [0, 0.05) is 11.1 Å². The summed E-state index contributed by atoms with van der Waals surface area (Å²) >= 11 is 5.97. The highest BCUT2D eigenvalue weighted by Gasteiger charge is 2.22. The van der Waals surface area contributed by atoms with Crippen LogP contribution < -0.4 is 20.3 Å². The minimum absolute atomic E-state index is 0.00445. The molecule has 1 aliphatic rings. The first-order valence-electron chi connectivity index (χ1n) is 9.11. The zero-order valence-corrected chi connectivity index (χ0v) is 16.5. The zero-order chi connectivity index (χ0) is 19.1. The minimum atomic E-state index is -0.192. The first kappa shape index (κ1) is 20.5. The van der Waals surface area contributed by atoms with Gasteiger partial charge >= 0.3 is 0 Å². The van der Waals surface area contributed by atoms with E-state index in [1.165, 1.54) is 7.11 Å². The Morgan fingerprint density at radius 2 is 1.85 bits per heavy atom. The molecule has 1 aromatic carbocycles. The predicted octanol–water partition coefficient (Wildman–Crippen LogP) is 1.50. The Morgan fingerprint density at radius 3 is 2.50 bits per heavy atom. The van der Waals surface area contributed by atoms with E-state index in [9.17, 15) is 9.59 Å². The van der Waals surface area contributed by atoms with Crippen LogP contribution in [-0.2, 0) is 9.59 Å². The molecule has 6 nitrogen and oxygen atoms in total. The Kier molecular flexibility index (Phi) is 7.72. The lowest BCUT2D eigenvalue weighted by atomic mass is 9.87. The van der Waals surface area contributed by atoms with Gasteiger partial charge in [-0.2, -0.15) is 0 Å². The van der Waals surface area contributed by atoms with Crippen LogP contribution in [0.1, 0.15) is 32.6 Å². The molecule has 0 heterocycles. The van der Waals surface area contributed by atoms with E-state index in [4.69, 9.17) is 16.3 Å². The lowest BCUT2D eigenvalue weighted by molar-refractivity contribution is -0.862. The van der Waals surface area contributed by atoms with Crippen LogP contribution in [0.25, 0.3) is 0 Å². The summed E-state index contributed by atoms with van der Waals surface area (Å²) in [4.78, 5) is 25.3. The normalized spacial score (nSPS) is 20.9. The van der Waals surface area contributed by atoms with Crippen molar-refractivity contribution in [1.82, 2.24) is 5.32 Å². The van der Waals surface area contributed by atoms with E-state index in [0.29, 0.717) is 16.5 Å². The summed E-state index contributed by atoms with van der Waals surface area (Å²) in [5, 5.41) is 6.40. The van der Waals surface area contributed by atoms with Gasteiger partial charge in [0.25, 0.3) is 11.8 Å². The molecule has 1 fully saturated rings. The lowest BCUT2D eigenvalue weighted by Gasteiger charge is -2.27. The van der Waals surface area contributed by atoms with Gasteiger partial charge in [0.2, 0.25) is 0 Å². The number of anilines is 1. The Bertz CT molecular complexity index is 630. The monoisotopic (exact) mass is 382 g/mol. The molecule has 1 atom stereocenters. The van der Waals surface area contributed by atoms with Crippen LogP contribution >= 0.6 is 11.6 Å². The number of amides is 2. The molecule has 2 amide bonds. The Hall–Kier alpha value is -1.79. The van der Waals surface area contributed by atoms with Gasteiger partial charge in [-0.25, -0.2) is 0 Å². The number of methoxy groups -OCH3 is 1. The average Bonchev–Trinajstić information content (AvgIpc) is 2.56. The molecule has 144 valence electrons. The van der Waals surface area contributed by atoms with Crippen molar-refractivity contribution in [2.24, 2.45) is 5.92 Å². The van der Waals surface area contributed by atoms with Crippen molar-refractivity contribution in [2.45, 2.75) is 38.6 Å². The summed E-state index contributed by atoms with van der Waals surface area (Å²) in [6.45, 7) is 2.71. The van der Waals surface area contributed by atoms with Crippen molar-refractivity contribution in [1.29, 1.82) is 0 Å². The van der Waals surface area contributed by atoms with E-state index < -0.39 is 0 Å². The third-order valence-electron chi connectivity index (χ3n) is 4.74. The largest absolute Gasteiger partial charge is 0.495 e. The molecule has 0 radical (unpaired) electrons. The Morgan fingerprint density at radius 1 is 1.19 bits per heavy atom. The van der Waals surface area contributed by atoms with Crippen LogP contribution in [0.2, 0.25) is 5.02 Å². The van der Waals surface area contributed by atoms with E-state index in [2.05, 4.69) is 17.6 Å². The van der Waals surface area contributed by atoms with Gasteiger partial charge < -0.3 is 20.3 Å². The van der Waals surface area contributed by atoms with E-state index in [0.717, 1.165) is 36.5 Å². The van der Waals surface area contributed by atoms with E-state index >= 15 is 0 Å². The van der Waals surface area contributed by atoms with Gasteiger partial charge in [0.1, 0.15) is 5.75 Å². The number of halogens is 1. The second-order valence-electron chi connectivity index (χ2n) is 7.23. The second-order valence-corrected chi connectivity index (χ2v) is 7.66. The van der Waals surface area contributed by atoms with Crippen LogP contribution in [-0.4, -0.2) is 45.1 Å². The van der Waals surface area contributed by atoms with E-state index in [1.54, 1.807) is 18.2 Å². The van der Waals surface area contributed by atoms with Gasteiger partial charge in [0.15, 0.2) is 13.1 Å². The molecule has 3 N–H and O–H groups in total. The van der Waals surface area contributed by atoms with Crippen molar-refractivity contribution in [2.75, 3.05) is 32.6 Å². The van der Waals surface area contributed by atoms with Gasteiger partial charge in [0.05, 0.1) is 19.8 Å². The summed E-state index contributed by atoms with van der Waals surface area (Å²) in [7, 11) is 3.37. The average molecular weight is 383 g/mol. The van der Waals surface area contributed by atoms with Crippen molar-refractivity contribution in [3.8, 4) is 5.75 Å². The highest BCUT2D eigenvalue weighted by molar-refractivity contribution is 6.31. The predicted molar refractivity (Wildman–Crippen MR) is 103 cm³/mol. The summed E-state index contributed by atoms with van der Waals surface area (Å²) in [5.74, 6) is 1.10. The topological polar surface area (TPSA) is 71.9 Å². The zero-order valence-electron chi connectivity index (χ0n) is 15.7. The van der Waals surface area contributed by atoms with Crippen molar-refractivity contribution in [3.63, 3.8) is 0 Å². The SMILES string of the molecule is COc1ccc(Cl)cc1NC(=O)C[NH+](C)CC(=O)NC1CCC(C)CC1. The molecule has 0 aromatic heterocycles. The first-order chi connectivity index (χ1) is 12.4. The fraction of sp³-hybridized carbons (Fsp3) is 0.579. The van der Waals surface area contributed by atoms with Crippen LogP contribution in [0.15, 0.2) is 18.2 Å². The number of carbonyl (C=O) groups excluding carboxylic acids is 2. The maximum atomic E-state index is 12.2. The number of likely N-dealkylation sites (N-methyl/N-ethyl adjacent to an activating group) is 1. The number of rotatable bonds is 7. The summed E-state index contributed by atoms with van der Waals surface area (Å²) in [6, 6.07) is 5.32. The molecule has 0 spiro atoms. The molecule has 1 saturated carbocycles. The summed E-state index contributed by atoms with van der Waals surface area (Å²) < 4.78 is 5.22. The number of hydrogen-bond donors (Lipinski definition) is 3. The molecule has 0 aliphatic heterocycles. The molecule has 26 heavy (non-hydrogen) atoms. The van der Waals surface area contributed by atoms with Crippen LogP contribution in [0.4, 0.5) is 5.69 Å². The van der Waals surface area contributed by atoms with Gasteiger partial charge in [-0.15, -0.1) is 0 Å². The molecule has 0 saturated heterocycles. The van der Waals surface area contributed by atoms with Crippen molar-refractivity contribution < 1.29 is 19.2 Å². The first-order valence-corrected chi connectivity index (χ1v) is 9.49. The standard InChI is InChI=1S/C19H28ClN3O3/c1-13-4-7-15(8-5-13)21-18(24)11-23(2)12-19(25)22-16-10-14(20)6-9-17(16)26-3/h6,9-10,13,15H,4-5,7-8,11-12H2,1-3H3,(H,21,24)(H,22,25)/p+1. The summed E-state index contributed by atoms with van der Waals surface area (Å²) in [5.41, 5.74) is 0.526. The van der Waals surface area contributed by atoms with E-state index in [1.807, 2.05) is 7.05 Å². The molecule has 1 unspecified atom stereocenters. The van der Waals surface area contributed by atoms with Gasteiger partial charge in [-0.3, -0.25) is 9.59 Å². The van der Waals surface area contributed by atoms with Gasteiger partial charge in [-0.1, -0.05) is 18.5 Å². The quantitative estimate of drug-likeness (QED) is 0.669. The number of benzene rings is 1. The van der Waals surface area contributed by atoms with Crippen LogP contribution in [0.3, 0.4) is 0 Å². The number of ether oxygens (including phenoxy) is 1. The fourth-order valence-corrected chi connectivity index (χ4v) is 3.44. The second kappa shape index (κ2) is 9.78. The molecule has 1 aliphatic carbocycles. The smallest absolute Gasteiger partial charge is 0.279 e. The van der Waals surface area contributed by atoms with Crippen LogP contribution in [0, 0.1) is 5.92 Å². The number of hydrogen-bond acceptors (Lipinski definition) is 3. The Labute approximate surface area is 160 Å². The minimum Gasteiger partial charge on any atom is -0.495 e. The number of carbonyl (C=O) groups is 2. The maximum absolute atomic E-state index is 12.2. The molecular formula is C19H29ClN3O3+. The maximum Gasteiger partial charge on any atom is 0.279 e.